The molecule has 2 heterocycles. The molecule has 6 atom stereocenters. The van der Waals surface area contributed by atoms with Crippen LogP contribution in [0.5, 0.6) is 0 Å². The molecule has 0 aromatic carbocycles. The third-order valence-corrected chi connectivity index (χ3v) is 7.94. The maximum atomic E-state index is 14.9. The van der Waals surface area contributed by atoms with Crippen LogP contribution in [-0.2, 0) is 28.4 Å². The number of hydrogen-bond donors (Lipinski definition) is 4. The SMILES string of the molecule is CCCCOC(=O)[C@H](C)NP(=O)(/C=C/[C@H]1OC(n2ccc(=O)[nH]c2=O)[C@H](F)[C@@H]1O)N[C@@H](C)C(=O)OCCCC. The van der Waals surface area contributed by atoms with Crippen LogP contribution >= 0.6 is 7.44 Å². The van der Waals surface area contributed by atoms with Crippen molar-refractivity contribution in [3.63, 3.8) is 0 Å². The number of carbonyl (C=O) groups is 2. The van der Waals surface area contributed by atoms with Crippen LogP contribution in [0.2, 0.25) is 0 Å². The molecule has 0 aliphatic carbocycles. The number of aromatic amines is 1. The number of unbranched alkanes of at least 4 members (excludes halogenated alkanes) is 2. The minimum atomic E-state index is -3.94. The van der Waals surface area contributed by atoms with Crippen LogP contribution in [0.1, 0.15) is 59.6 Å². The summed E-state index contributed by atoms with van der Waals surface area (Å²) in [4.78, 5) is 50.1. The number of aliphatic hydroxyl groups excluding tert-OH is 1. The molecule has 0 spiro atoms. The number of ether oxygens (including phenoxy) is 3. The summed E-state index contributed by atoms with van der Waals surface area (Å²) >= 11 is 0. The van der Waals surface area contributed by atoms with E-state index in [-0.39, 0.29) is 13.2 Å². The van der Waals surface area contributed by atoms with Gasteiger partial charge in [-0.2, -0.15) is 0 Å². The summed E-state index contributed by atoms with van der Waals surface area (Å²) in [5.74, 6) is -0.289. The average Bonchev–Trinajstić information content (AvgIpc) is 3.16. The number of H-pyrrole nitrogens is 1. The highest BCUT2D eigenvalue weighted by molar-refractivity contribution is 7.63. The van der Waals surface area contributed by atoms with Gasteiger partial charge in [-0.05, 0) is 32.8 Å². The minimum absolute atomic E-state index is 0.181. The number of alkyl halides is 1. The molecule has 1 saturated heterocycles. The fourth-order valence-corrected chi connectivity index (χ4v) is 5.59. The fourth-order valence-electron chi connectivity index (χ4n) is 3.57. The molecule has 1 aromatic heterocycles. The van der Waals surface area contributed by atoms with Crippen molar-refractivity contribution in [3.05, 3.63) is 45.0 Å². The molecule has 220 valence electrons. The lowest BCUT2D eigenvalue weighted by atomic mass is 10.1. The molecule has 4 N–H and O–H groups in total. The van der Waals surface area contributed by atoms with Crippen molar-refractivity contribution < 1.29 is 37.9 Å². The van der Waals surface area contributed by atoms with Crippen LogP contribution in [-0.4, -0.2) is 70.3 Å². The summed E-state index contributed by atoms with van der Waals surface area (Å²) in [7, 11) is -3.94. The lowest BCUT2D eigenvalue weighted by molar-refractivity contribution is -0.145. The highest BCUT2D eigenvalue weighted by atomic mass is 31.2. The maximum Gasteiger partial charge on any atom is 0.330 e. The Morgan fingerprint density at radius 3 is 2.18 bits per heavy atom. The Hall–Kier alpha value is -2.64. The zero-order valence-electron chi connectivity index (χ0n) is 22.5. The fraction of sp³-hybridized carbons (Fsp3) is 0.667. The quantitative estimate of drug-likeness (QED) is 0.135. The van der Waals surface area contributed by atoms with Crippen LogP contribution in [0.4, 0.5) is 4.39 Å². The number of esters is 2. The van der Waals surface area contributed by atoms with Gasteiger partial charge in [0.15, 0.2) is 12.4 Å². The van der Waals surface area contributed by atoms with Gasteiger partial charge in [0.05, 0.1) is 13.2 Å². The molecule has 13 nitrogen and oxygen atoms in total. The Kier molecular flexibility index (Phi) is 12.7. The molecule has 0 radical (unpaired) electrons. The third-order valence-electron chi connectivity index (χ3n) is 5.81. The zero-order valence-corrected chi connectivity index (χ0v) is 23.4. The van der Waals surface area contributed by atoms with Crippen LogP contribution in [0.15, 0.2) is 33.7 Å². The van der Waals surface area contributed by atoms with Crippen molar-refractivity contribution in [2.75, 3.05) is 13.2 Å². The molecular weight excluding hydrogens is 538 g/mol. The van der Waals surface area contributed by atoms with Crippen molar-refractivity contribution in [1.29, 1.82) is 0 Å². The van der Waals surface area contributed by atoms with Gasteiger partial charge in [0.25, 0.3) is 5.56 Å². The lowest BCUT2D eigenvalue weighted by Gasteiger charge is -2.24. The molecule has 0 amide bonds. The number of hydrogen-bond acceptors (Lipinski definition) is 9. The summed E-state index contributed by atoms with van der Waals surface area (Å²) in [5, 5.41) is 15.7. The van der Waals surface area contributed by atoms with E-state index in [0.717, 1.165) is 41.6 Å². The number of aliphatic hydroxyl groups is 1. The van der Waals surface area contributed by atoms with Crippen LogP contribution < -0.4 is 21.4 Å². The van der Waals surface area contributed by atoms with E-state index < -0.39 is 67.3 Å². The van der Waals surface area contributed by atoms with Gasteiger partial charge >= 0.3 is 17.6 Å². The van der Waals surface area contributed by atoms with Gasteiger partial charge in [0, 0.05) is 18.1 Å². The van der Waals surface area contributed by atoms with Gasteiger partial charge in [0.1, 0.15) is 24.3 Å². The van der Waals surface area contributed by atoms with Crippen LogP contribution in [0.25, 0.3) is 0 Å². The molecule has 1 aliphatic rings. The molecule has 1 aliphatic heterocycles. The van der Waals surface area contributed by atoms with Gasteiger partial charge in [-0.25, -0.2) is 19.4 Å². The maximum absolute atomic E-state index is 14.9. The number of nitrogens with one attached hydrogen (secondary N) is 3. The van der Waals surface area contributed by atoms with Crippen molar-refractivity contribution in [3.8, 4) is 0 Å². The smallest absolute Gasteiger partial charge is 0.330 e. The molecule has 1 unspecified atom stereocenters. The second-order valence-electron chi connectivity index (χ2n) is 9.19. The number of rotatable bonds is 15. The van der Waals surface area contributed by atoms with Crippen molar-refractivity contribution >= 4 is 19.4 Å². The third kappa shape index (κ3) is 9.50. The minimum Gasteiger partial charge on any atom is -0.465 e. The summed E-state index contributed by atoms with van der Waals surface area (Å²) in [6.07, 6.45) is -1.70. The van der Waals surface area contributed by atoms with Gasteiger partial charge in [0.2, 0.25) is 7.44 Å². The Balaban J connectivity index is 2.24. The first kappa shape index (κ1) is 32.6. The summed E-state index contributed by atoms with van der Waals surface area (Å²) < 4.78 is 45.3. The normalized spacial score (nSPS) is 23.0. The van der Waals surface area contributed by atoms with Crippen molar-refractivity contribution in [1.82, 2.24) is 19.7 Å². The standard InChI is InChI=1S/C24H38FN4O9P/c1-5-7-12-36-22(32)15(3)27-39(35,28-16(4)23(33)37-13-8-6-2)14-10-17-20(31)19(25)21(38-17)29-11-9-18(30)26-24(29)34/h9-11,14-17,19-21,31H,5-8,12-13H2,1-4H3,(H,26,30,34)(H2,27,28,35)/b14-10+/t15-,16-,17+,19+,20+,21?/m0/s1. The topological polar surface area (TPSA) is 178 Å². The number of aromatic nitrogens is 2. The van der Waals surface area contributed by atoms with Gasteiger partial charge < -0.3 is 19.3 Å². The molecule has 2 rings (SSSR count). The first-order valence-corrected chi connectivity index (χ1v) is 14.7. The lowest BCUT2D eigenvalue weighted by Crippen LogP contribution is -2.41. The summed E-state index contributed by atoms with van der Waals surface area (Å²) in [6.45, 7) is 7.08. The Morgan fingerprint density at radius 1 is 1.15 bits per heavy atom. The molecule has 0 saturated carbocycles. The van der Waals surface area contributed by atoms with E-state index in [9.17, 15) is 33.2 Å². The molecule has 0 bridgehead atoms. The highest BCUT2D eigenvalue weighted by Gasteiger charge is 2.45. The Morgan fingerprint density at radius 2 is 1.69 bits per heavy atom. The predicted molar refractivity (Wildman–Crippen MR) is 140 cm³/mol. The second-order valence-corrected chi connectivity index (χ2v) is 11.3. The highest BCUT2D eigenvalue weighted by Crippen LogP contribution is 2.41. The summed E-state index contributed by atoms with van der Waals surface area (Å²) in [5.41, 5.74) is -1.63. The summed E-state index contributed by atoms with van der Waals surface area (Å²) in [6, 6.07) is -1.13. The predicted octanol–water partition coefficient (Wildman–Crippen LogP) is 1.48. The number of halogens is 1. The Bertz CT molecular complexity index is 1120. The molecule has 39 heavy (non-hydrogen) atoms. The molecule has 1 fully saturated rings. The second kappa shape index (κ2) is 15.2. The Labute approximate surface area is 225 Å². The van der Waals surface area contributed by atoms with Crippen LogP contribution in [0, 0.1) is 0 Å². The first-order valence-electron chi connectivity index (χ1n) is 12.9. The van der Waals surface area contributed by atoms with E-state index in [4.69, 9.17) is 14.2 Å². The van der Waals surface area contributed by atoms with Crippen molar-refractivity contribution in [2.45, 2.75) is 90.1 Å². The average molecular weight is 577 g/mol. The zero-order chi connectivity index (χ0) is 29.2. The van der Waals surface area contributed by atoms with Crippen molar-refractivity contribution in [2.24, 2.45) is 0 Å². The van der Waals surface area contributed by atoms with E-state index in [2.05, 4.69) is 10.2 Å². The molecular formula is C24H38FN4O9P. The van der Waals surface area contributed by atoms with Crippen LogP contribution in [0.3, 0.4) is 0 Å². The number of nitrogens with zero attached hydrogens (tertiary/aromatic N) is 1. The first-order chi connectivity index (χ1) is 18.4. The largest absolute Gasteiger partial charge is 0.465 e. The van der Waals surface area contributed by atoms with E-state index in [1.165, 1.54) is 13.8 Å². The monoisotopic (exact) mass is 576 g/mol. The molecule has 15 heteroatoms. The van der Waals surface area contributed by atoms with Gasteiger partial charge in [-0.15, -0.1) is 0 Å². The van der Waals surface area contributed by atoms with E-state index in [1.807, 2.05) is 18.8 Å². The van der Waals surface area contributed by atoms with E-state index in [0.29, 0.717) is 12.8 Å². The van der Waals surface area contributed by atoms with Gasteiger partial charge in [-0.3, -0.25) is 28.5 Å². The van der Waals surface area contributed by atoms with Gasteiger partial charge in [-0.1, -0.05) is 26.7 Å². The van der Waals surface area contributed by atoms with E-state index >= 15 is 0 Å². The van der Waals surface area contributed by atoms with E-state index in [1.54, 1.807) is 0 Å². The molecule has 1 aromatic rings. The number of carbonyl (C=O) groups excluding carboxylic acids is 2.